The number of nitrogens with zero attached hydrogens (tertiary/aromatic N) is 2. The molecule has 2 aliphatic heterocycles. The highest BCUT2D eigenvalue weighted by molar-refractivity contribution is 8.16. The zero-order valence-electron chi connectivity index (χ0n) is 7.79. The zero-order chi connectivity index (χ0) is 8.67. The molecule has 2 aliphatic rings. The summed E-state index contributed by atoms with van der Waals surface area (Å²) in [5.74, 6) is 0. The molecule has 80 valence electrons. The van der Waals surface area contributed by atoms with Crippen LogP contribution in [0.25, 0.3) is 0 Å². The van der Waals surface area contributed by atoms with E-state index in [9.17, 15) is 0 Å². The Hall–Kier alpha value is -0.640. The van der Waals surface area contributed by atoms with Gasteiger partial charge in [-0.2, -0.15) is 0 Å². The van der Waals surface area contributed by atoms with Crippen LogP contribution in [-0.4, -0.2) is 10.1 Å². The molecule has 0 N–H and O–H groups in total. The third-order valence-corrected chi connectivity index (χ3v) is 3.00. The van der Waals surface area contributed by atoms with E-state index >= 15 is 0 Å². The standard InChI is InChI=1S/C10H8N2S.2ClH/c1-2-4-9-8(3-1)7-12-5-6-13-10(12)11-9;;/h1-6H,7H2;2*1H. The van der Waals surface area contributed by atoms with Crippen molar-refractivity contribution >= 4 is 47.4 Å². The number of halogens is 2. The minimum Gasteiger partial charge on any atom is -0.322 e. The Morgan fingerprint density at radius 3 is 2.87 bits per heavy atom. The third kappa shape index (κ3) is 2.14. The van der Waals surface area contributed by atoms with Crippen molar-refractivity contribution in [3.8, 4) is 0 Å². The van der Waals surface area contributed by atoms with Gasteiger partial charge in [0.1, 0.15) is 0 Å². The average molecular weight is 261 g/mol. The first kappa shape index (κ1) is 12.4. The molecule has 0 aliphatic carbocycles. The molecule has 15 heavy (non-hydrogen) atoms. The van der Waals surface area contributed by atoms with Crippen LogP contribution in [0.1, 0.15) is 5.56 Å². The summed E-state index contributed by atoms with van der Waals surface area (Å²) in [7, 11) is 0. The topological polar surface area (TPSA) is 15.6 Å². The van der Waals surface area contributed by atoms with Crippen molar-refractivity contribution in [2.45, 2.75) is 6.54 Å². The fourth-order valence-corrected chi connectivity index (χ4v) is 2.29. The molecule has 1 aromatic rings. The van der Waals surface area contributed by atoms with Gasteiger partial charge in [-0.05, 0) is 17.0 Å². The van der Waals surface area contributed by atoms with E-state index in [1.165, 1.54) is 5.56 Å². The summed E-state index contributed by atoms with van der Waals surface area (Å²) in [6.07, 6.45) is 2.08. The van der Waals surface area contributed by atoms with E-state index in [1.54, 1.807) is 11.8 Å². The Bertz CT molecular complexity index is 418. The van der Waals surface area contributed by atoms with Crippen LogP contribution in [0.3, 0.4) is 0 Å². The number of hydrogen-bond donors (Lipinski definition) is 0. The van der Waals surface area contributed by atoms with Crippen molar-refractivity contribution in [1.82, 2.24) is 4.90 Å². The van der Waals surface area contributed by atoms with E-state index < -0.39 is 0 Å². The summed E-state index contributed by atoms with van der Waals surface area (Å²) in [6.45, 7) is 0.957. The minimum absolute atomic E-state index is 0. The number of para-hydroxylation sites is 1. The molecule has 0 atom stereocenters. The number of benzene rings is 1. The lowest BCUT2D eigenvalue weighted by Gasteiger charge is -2.22. The first-order valence-electron chi connectivity index (χ1n) is 4.20. The largest absolute Gasteiger partial charge is 0.322 e. The molecule has 0 bridgehead atoms. The highest BCUT2D eigenvalue weighted by Gasteiger charge is 2.20. The molecule has 0 fully saturated rings. The Kier molecular flexibility index (Phi) is 4.08. The molecule has 0 radical (unpaired) electrons. The lowest BCUT2D eigenvalue weighted by atomic mass is 10.1. The Morgan fingerprint density at radius 1 is 1.20 bits per heavy atom. The molecule has 0 spiro atoms. The Morgan fingerprint density at radius 2 is 2.00 bits per heavy atom. The lowest BCUT2D eigenvalue weighted by molar-refractivity contribution is 0.560. The first-order chi connectivity index (χ1) is 6.43. The molecule has 0 unspecified atom stereocenters. The number of fused-ring (bicyclic) bond motifs is 2. The van der Waals surface area contributed by atoms with Gasteiger partial charge in [0.15, 0.2) is 5.17 Å². The maximum absolute atomic E-state index is 4.55. The van der Waals surface area contributed by atoms with Gasteiger partial charge >= 0.3 is 0 Å². The highest BCUT2D eigenvalue weighted by Crippen LogP contribution is 2.32. The van der Waals surface area contributed by atoms with Crippen LogP contribution in [0, 0.1) is 0 Å². The monoisotopic (exact) mass is 260 g/mol. The smallest absolute Gasteiger partial charge is 0.173 e. The van der Waals surface area contributed by atoms with Gasteiger partial charge in [-0.15, -0.1) is 24.8 Å². The van der Waals surface area contributed by atoms with Crippen LogP contribution in [0.15, 0.2) is 40.9 Å². The van der Waals surface area contributed by atoms with Crippen molar-refractivity contribution in [2.75, 3.05) is 0 Å². The zero-order valence-corrected chi connectivity index (χ0v) is 10.2. The predicted molar refractivity (Wildman–Crippen MR) is 70.3 cm³/mol. The molecule has 0 aromatic heterocycles. The fraction of sp³-hybridized carbons (Fsp3) is 0.100. The maximum Gasteiger partial charge on any atom is 0.173 e. The SMILES string of the molecule is C1=CN2Cc3ccccc3N=C2S1.Cl.Cl. The molecule has 0 saturated heterocycles. The second-order valence-electron chi connectivity index (χ2n) is 3.05. The highest BCUT2D eigenvalue weighted by atomic mass is 35.5. The quantitative estimate of drug-likeness (QED) is 0.709. The van der Waals surface area contributed by atoms with Crippen LogP contribution in [-0.2, 0) is 6.54 Å². The number of thioether (sulfide) groups is 1. The second-order valence-corrected chi connectivity index (χ2v) is 3.93. The number of amidine groups is 1. The van der Waals surface area contributed by atoms with Gasteiger partial charge in [-0.3, -0.25) is 0 Å². The second kappa shape index (κ2) is 4.92. The van der Waals surface area contributed by atoms with Gasteiger partial charge in [0.25, 0.3) is 0 Å². The Labute approximate surface area is 105 Å². The molecule has 2 heterocycles. The first-order valence-corrected chi connectivity index (χ1v) is 5.08. The summed E-state index contributed by atoms with van der Waals surface area (Å²) in [4.78, 5) is 6.72. The normalized spacial score (nSPS) is 15.7. The molecule has 3 rings (SSSR count). The maximum atomic E-state index is 4.55. The number of rotatable bonds is 0. The van der Waals surface area contributed by atoms with E-state index in [1.807, 2.05) is 6.07 Å². The van der Waals surface area contributed by atoms with Crippen molar-refractivity contribution in [2.24, 2.45) is 4.99 Å². The summed E-state index contributed by atoms with van der Waals surface area (Å²) >= 11 is 1.69. The molecule has 5 heteroatoms. The van der Waals surface area contributed by atoms with Crippen LogP contribution < -0.4 is 0 Å². The van der Waals surface area contributed by atoms with Gasteiger partial charge in [-0.1, -0.05) is 30.0 Å². The van der Waals surface area contributed by atoms with Crippen molar-refractivity contribution < 1.29 is 0 Å². The van der Waals surface area contributed by atoms with E-state index in [0.29, 0.717) is 0 Å². The van der Waals surface area contributed by atoms with Crippen LogP contribution in [0.4, 0.5) is 5.69 Å². The van der Waals surface area contributed by atoms with E-state index in [-0.39, 0.29) is 24.8 Å². The van der Waals surface area contributed by atoms with Crippen LogP contribution in [0.2, 0.25) is 0 Å². The molecule has 2 nitrogen and oxygen atoms in total. The van der Waals surface area contributed by atoms with E-state index in [0.717, 1.165) is 17.4 Å². The number of aliphatic imine (C=N–C) groups is 1. The fourth-order valence-electron chi connectivity index (χ4n) is 1.55. The summed E-state index contributed by atoms with van der Waals surface area (Å²) in [5, 5.41) is 3.17. The number of hydrogen-bond acceptors (Lipinski definition) is 3. The average Bonchev–Trinajstić information content (AvgIpc) is 2.61. The van der Waals surface area contributed by atoms with Gasteiger partial charge in [0, 0.05) is 6.20 Å². The molecule has 0 amide bonds. The molecular weight excluding hydrogens is 251 g/mol. The lowest BCUT2D eigenvalue weighted by Crippen LogP contribution is -2.21. The van der Waals surface area contributed by atoms with Crippen LogP contribution >= 0.6 is 36.6 Å². The summed E-state index contributed by atoms with van der Waals surface area (Å²) < 4.78 is 0. The van der Waals surface area contributed by atoms with Crippen molar-refractivity contribution in [3.05, 3.63) is 41.4 Å². The van der Waals surface area contributed by atoms with Crippen molar-refractivity contribution in [1.29, 1.82) is 0 Å². The van der Waals surface area contributed by atoms with E-state index in [2.05, 4.69) is 39.7 Å². The summed E-state index contributed by atoms with van der Waals surface area (Å²) in [6, 6.07) is 8.29. The van der Waals surface area contributed by atoms with Crippen LogP contribution in [0.5, 0.6) is 0 Å². The van der Waals surface area contributed by atoms with Gasteiger partial charge in [0.05, 0.1) is 12.2 Å². The molecule has 1 aromatic carbocycles. The van der Waals surface area contributed by atoms with E-state index in [4.69, 9.17) is 0 Å². The predicted octanol–water partition coefficient (Wildman–Crippen LogP) is 3.55. The third-order valence-electron chi connectivity index (χ3n) is 2.21. The Balaban J connectivity index is 0.000000562. The van der Waals surface area contributed by atoms with Gasteiger partial charge in [0.2, 0.25) is 0 Å². The van der Waals surface area contributed by atoms with Crippen molar-refractivity contribution in [3.63, 3.8) is 0 Å². The minimum atomic E-state index is 0. The summed E-state index contributed by atoms with van der Waals surface area (Å²) in [5.41, 5.74) is 2.42. The van der Waals surface area contributed by atoms with Gasteiger partial charge in [-0.25, -0.2) is 4.99 Å². The molecule has 0 saturated carbocycles. The molecular formula is C10H10Cl2N2S. The van der Waals surface area contributed by atoms with Gasteiger partial charge < -0.3 is 4.90 Å².